The van der Waals surface area contributed by atoms with E-state index in [0.29, 0.717) is 22.8 Å². The van der Waals surface area contributed by atoms with Crippen molar-refractivity contribution in [2.24, 2.45) is 19.2 Å². The Balaban J connectivity index is 2.18. The third kappa shape index (κ3) is 3.47. The lowest BCUT2D eigenvalue weighted by atomic mass is 9.98. The van der Waals surface area contributed by atoms with Gasteiger partial charge in [0.05, 0.1) is 26.0 Å². The zero-order valence-electron chi connectivity index (χ0n) is 17.5. The molecule has 0 fully saturated rings. The largest absolute Gasteiger partial charge is 0.497 e. The molecule has 1 aromatic carbocycles. The topological polar surface area (TPSA) is 98.3 Å². The maximum absolute atomic E-state index is 12.9. The SMILES string of the molecule is CCC(=O)N1N=C(c2c(O)n(C)c(=S)n(C)c2=O)C[C@@H]1c1cc(OC)ccc1OC. The molecule has 0 spiro atoms. The minimum Gasteiger partial charge on any atom is -0.497 e. The highest BCUT2D eigenvalue weighted by Gasteiger charge is 2.36. The number of hydrazone groups is 1. The molecule has 0 unspecified atom stereocenters. The second-order valence-corrected chi connectivity index (χ2v) is 7.24. The van der Waals surface area contributed by atoms with Gasteiger partial charge in [-0.15, -0.1) is 0 Å². The first-order chi connectivity index (χ1) is 14.2. The second kappa shape index (κ2) is 8.31. The summed E-state index contributed by atoms with van der Waals surface area (Å²) in [5, 5.41) is 16.4. The summed E-state index contributed by atoms with van der Waals surface area (Å²) >= 11 is 5.18. The van der Waals surface area contributed by atoms with Crippen LogP contribution in [0.15, 0.2) is 28.1 Å². The van der Waals surface area contributed by atoms with E-state index in [1.54, 1.807) is 39.3 Å². The summed E-state index contributed by atoms with van der Waals surface area (Å²) in [4.78, 5) is 25.5. The van der Waals surface area contributed by atoms with Gasteiger partial charge in [0, 0.05) is 32.5 Å². The number of hydrogen-bond donors (Lipinski definition) is 1. The van der Waals surface area contributed by atoms with Crippen molar-refractivity contribution in [3.63, 3.8) is 0 Å². The van der Waals surface area contributed by atoms with Crippen LogP contribution in [0.4, 0.5) is 0 Å². The van der Waals surface area contributed by atoms with E-state index in [0.717, 1.165) is 0 Å². The summed E-state index contributed by atoms with van der Waals surface area (Å²) < 4.78 is 13.6. The van der Waals surface area contributed by atoms with E-state index in [1.807, 2.05) is 0 Å². The molecular formula is C20H24N4O5S. The summed E-state index contributed by atoms with van der Waals surface area (Å²) in [5.74, 6) is 0.656. The van der Waals surface area contributed by atoms with Crippen molar-refractivity contribution >= 4 is 23.8 Å². The van der Waals surface area contributed by atoms with Crippen molar-refractivity contribution in [3.05, 3.63) is 44.5 Å². The van der Waals surface area contributed by atoms with Crippen molar-refractivity contribution in [2.45, 2.75) is 25.8 Å². The van der Waals surface area contributed by atoms with Crippen molar-refractivity contribution in [1.29, 1.82) is 0 Å². The molecule has 1 aliphatic rings. The molecule has 10 heteroatoms. The summed E-state index contributed by atoms with van der Waals surface area (Å²) in [6.07, 6.45) is 0.442. The van der Waals surface area contributed by atoms with Crippen molar-refractivity contribution in [2.75, 3.05) is 14.2 Å². The maximum atomic E-state index is 12.9. The van der Waals surface area contributed by atoms with Crippen LogP contribution in [0, 0.1) is 4.77 Å². The highest BCUT2D eigenvalue weighted by molar-refractivity contribution is 7.71. The Bertz CT molecular complexity index is 1150. The van der Waals surface area contributed by atoms with E-state index in [-0.39, 0.29) is 35.0 Å². The van der Waals surface area contributed by atoms with Gasteiger partial charge in [0.2, 0.25) is 11.8 Å². The summed E-state index contributed by atoms with van der Waals surface area (Å²) in [6, 6.07) is 4.77. The fourth-order valence-electron chi connectivity index (χ4n) is 3.48. The molecule has 2 heterocycles. The van der Waals surface area contributed by atoms with Gasteiger partial charge in [-0.1, -0.05) is 6.92 Å². The average molecular weight is 433 g/mol. The Hall–Kier alpha value is -3.14. The summed E-state index contributed by atoms with van der Waals surface area (Å²) in [7, 11) is 6.18. The van der Waals surface area contributed by atoms with Gasteiger partial charge in [0.25, 0.3) is 5.56 Å². The number of carbonyl (C=O) groups is 1. The molecule has 1 aliphatic heterocycles. The second-order valence-electron chi connectivity index (χ2n) is 6.87. The number of amides is 1. The van der Waals surface area contributed by atoms with Crippen molar-refractivity contribution < 1.29 is 19.4 Å². The van der Waals surface area contributed by atoms with E-state index >= 15 is 0 Å². The number of benzene rings is 1. The van der Waals surface area contributed by atoms with Gasteiger partial charge in [0.15, 0.2) is 4.77 Å². The van der Waals surface area contributed by atoms with E-state index in [1.165, 1.54) is 28.3 Å². The molecule has 1 amide bonds. The Morgan fingerprint density at radius 1 is 1.27 bits per heavy atom. The number of ether oxygens (including phenoxy) is 2. The van der Waals surface area contributed by atoms with Crippen LogP contribution < -0.4 is 15.0 Å². The van der Waals surface area contributed by atoms with E-state index in [2.05, 4.69) is 5.10 Å². The number of nitrogens with zero attached hydrogens (tertiary/aromatic N) is 4. The van der Waals surface area contributed by atoms with Gasteiger partial charge in [0.1, 0.15) is 17.1 Å². The average Bonchev–Trinajstić information content (AvgIpc) is 3.20. The first-order valence-electron chi connectivity index (χ1n) is 9.35. The maximum Gasteiger partial charge on any atom is 0.267 e. The minimum atomic E-state index is -0.518. The lowest BCUT2D eigenvalue weighted by Gasteiger charge is -2.23. The third-order valence-corrected chi connectivity index (χ3v) is 5.73. The monoisotopic (exact) mass is 432 g/mol. The third-order valence-electron chi connectivity index (χ3n) is 5.19. The van der Waals surface area contributed by atoms with Crippen LogP contribution >= 0.6 is 12.2 Å². The Morgan fingerprint density at radius 2 is 1.97 bits per heavy atom. The van der Waals surface area contributed by atoms with Gasteiger partial charge in [-0.2, -0.15) is 5.10 Å². The number of rotatable bonds is 5. The summed E-state index contributed by atoms with van der Waals surface area (Å²) in [5.41, 5.74) is 0.539. The molecule has 0 saturated heterocycles. The molecule has 30 heavy (non-hydrogen) atoms. The highest BCUT2D eigenvalue weighted by Crippen LogP contribution is 2.39. The molecule has 3 rings (SSSR count). The minimum absolute atomic E-state index is 0.0202. The van der Waals surface area contributed by atoms with E-state index in [9.17, 15) is 14.7 Å². The zero-order chi connectivity index (χ0) is 22.2. The predicted octanol–water partition coefficient (Wildman–Crippen LogP) is 2.26. The number of carbonyl (C=O) groups excluding carboxylic acids is 1. The molecule has 0 aliphatic carbocycles. The van der Waals surface area contributed by atoms with E-state index in [4.69, 9.17) is 21.7 Å². The fraction of sp³-hybridized carbons (Fsp3) is 0.400. The molecule has 1 aromatic heterocycles. The molecule has 2 aromatic rings. The number of methoxy groups -OCH3 is 2. The molecule has 160 valence electrons. The zero-order valence-corrected chi connectivity index (χ0v) is 18.3. The number of aromatic hydroxyl groups is 1. The molecule has 9 nitrogen and oxygen atoms in total. The Labute approximate surface area is 178 Å². The normalized spacial score (nSPS) is 15.8. The van der Waals surface area contributed by atoms with Crippen LogP contribution in [0.3, 0.4) is 0 Å². The van der Waals surface area contributed by atoms with Crippen LogP contribution in [0.2, 0.25) is 0 Å². The molecule has 0 bridgehead atoms. The molecule has 0 radical (unpaired) electrons. The van der Waals surface area contributed by atoms with Crippen LogP contribution in [-0.2, 0) is 18.9 Å². The van der Waals surface area contributed by atoms with Crippen molar-refractivity contribution in [3.8, 4) is 17.4 Å². The first kappa shape index (κ1) is 21.6. The smallest absolute Gasteiger partial charge is 0.267 e. The van der Waals surface area contributed by atoms with Gasteiger partial charge in [-0.25, -0.2) is 5.01 Å². The molecule has 0 saturated carbocycles. The predicted molar refractivity (Wildman–Crippen MR) is 114 cm³/mol. The fourth-order valence-corrected chi connectivity index (χ4v) is 3.65. The molecule has 1 atom stereocenters. The first-order valence-corrected chi connectivity index (χ1v) is 9.76. The van der Waals surface area contributed by atoms with Crippen LogP contribution in [0.1, 0.15) is 36.9 Å². The molecule has 1 N–H and O–H groups in total. The quantitative estimate of drug-likeness (QED) is 0.728. The highest BCUT2D eigenvalue weighted by atomic mass is 32.1. The standard InChI is InChI=1S/C20H24N4O5S/c1-6-16(25)24-14(12-9-11(28-4)7-8-15(12)29-5)10-13(21-24)17-18(26)22(2)20(30)23(3)19(17)27/h7-9,14,26H,6,10H2,1-5H3/t14-/m1/s1. The number of hydrogen-bond acceptors (Lipinski definition) is 7. The van der Waals surface area contributed by atoms with Gasteiger partial charge < -0.3 is 14.6 Å². The molecular weight excluding hydrogens is 408 g/mol. The van der Waals surface area contributed by atoms with Crippen LogP contribution in [0.5, 0.6) is 17.4 Å². The van der Waals surface area contributed by atoms with Crippen LogP contribution in [-0.4, -0.2) is 45.1 Å². The van der Waals surface area contributed by atoms with Gasteiger partial charge in [-0.3, -0.25) is 18.7 Å². The lowest BCUT2D eigenvalue weighted by molar-refractivity contribution is -0.132. The van der Waals surface area contributed by atoms with Gasteiger partial charge in [-0.05, 0) is 30.4 Å². The van der Waals surface area contributed by atoms with Crippen molar-refractivity contribution in [1.82, 2.24) is 14.1 Å². The lowest BCUT2D eigenvalue weighted by Crippen LogP contribution is -2.28. The summed E-state index contributed by atoms with van der Waals surface area (Å²) in [6.45, 7) is 1.73. The number of aromatic nitrogens is 2. The Kier molecular flexibility index (Phi) is 5.97. The van der Waals surface area contributed by atoms with E-state index < -0.39 is 11.6 Å². The Morgan fingerprint density at radius 3 is 2.57 bits per heavy atom. The van der Waals surface area contributed by atoms with Gasteiger partial charge >= 0.3 is 0 Å². The van der Waals surface area contributed by atoms with Crippen LogP contribution in [0.25, 0.3) is 0 Å².